The Morgan fingerprint density at radius 1 is 0.920 bits per heavy atom. The number of carbonyl (C=O) groups excluding carboxylic acids is 1. The predicted octanol–water partition coefficient (Wildman–Crippen LogP) is 2.89. The van der Waals surface area contributed by atoms with Crippen molar-refractivity contribution in [3.8, 4) is 0 Å². The summed E-state index contributed by atoms with van der Waals surface area (Å²) in [6.07, 6.45) is 6.18. The molecular weight excluding hydrogens is 334 g/mol. The van der Waals surface area contributed by atoms with Crippen molar-refractivity contribution in [2.45, 2.75) is 48.2 Å². The van der Waals surface area contributed by atoms with Gasteiger partial charge in [-0.05, 0) is 74.3 Å². The molecule has 4 aliphatic carbocycles. The molecule has 0 unspecified atom stereocenters. The summed E-state index contributed by atoms with van der Waals surface area (Å²) in [6, 6.07) is 8.51. The fraction of sp³-hybridized carbons (Fsp3) is 0.650. The summed E-state index contributed by atoms with van der Waals surface area (Å²) >= 11 is 0. The largest absolute Gasteiger partial charge is 0.341 e. The van der Waals surface area contributed by atoms with Crippen LogP contribution in [0.4, 0.5) is 0 Å². The third kappa shape index (κ3) is 2.17. The highest BCUT2D eigenvalue weighted by Gasteiger charge is 2.63. The second kappa shape index (κ2) is 5.32. The van der Waals surface area contributed by atoms with E-state index in [9.17, 15) is 13.2 Å². The van der Waals surface area contributed by atoms with Gasteiger partial charge in [0.05, 0.1) is 4.90 Å². The van der Waals surface area contributed by atoms with Crippen molar-refractivity contribution in [1.82, 2.24) is 4.90 Å². The van der Waals surface area contributed by atoms with E-state index in [-0.39, 0.29) is 10.8 Å². The summed E-state index contributed by atoms with van der Waals surface area (Å²) < 4.78 is 25.1. The first-order valence-electron chi connectivity index (χ1n) is 9.62. The molecule has 5 fully saturated rings. The number of sulfone groups is 1. The Balaban J connectivity index is 1.42. The molecule has 1 amide bonds. The van der Waals surface area contributed by atoms with Gasteiger partial charge in [-0.3, -0.25) is 4.79 Å². The van der Waals surface area contributed by atoms with Crippen molar-refractivity contribution in [2.75, 3.05) is 13.1 Å². The normalized spacial score (nSPS) is 35.4. The lowest BCUT2D eigenvalue weighted by molar-refractivity contribution is -0.130. The molecule has 5 heteroatoms. The second-order valence-electron chi connectivity index (χ2n) is 8.52. The number of benzene rings is 1. The molecule has 1 heterocycles. The van der Waals surface area contributed by atoms with Gasteiger partial charge < -0.3 is 4.90 Å². The number of rotatable bonds is 3. The van der Waals surface area contributed by atoms with Crippen molar-refractivity contribution in [1.29, 1.82) is 0 Å². The van der Waals surface area contributed by atoms with E-state index in [2.05, 4.69) is 0 Å². The minimum Gasteiger partial charge on any atom is -0.341 e. The van der Waals surface area contributed by atoms with Gasteiger partial charge in [-0.15, -0.1) is 0 Å². The highest BCUT2D eigenvalue weighted by Crippen LogP contribution is 2.54. The van der Waals surface area contributed by atoms with E-state index in [1.165, 1.54) is 25.7 Å². The van der Waals surface area contributed by atoms with E-state index in [1.54, 1.807) is 30.3 Å². The maximum absolute atomic E-state index is 13.3. The summed E-state index contributed by atoms with van der Waals surface area (Å²) in [5, 5.41) is 0. The van der Waals surface area contributed by atoms with Crippen LogP contribution in [-0.4, -0.2) is 37.1 Å². The molecule has 4 saturated carbocycles. The third-order valence-corrected chi connectivity index (χ3v) is 9.89. The Labute approximate surface area is 149 Å². The van der Waals surface area contributed by atoms with Crippen LogP contribution >= 0.6 is 0 Å². The standard InChI is InChI=1S/C20H25NO3S/c22-19(20(10-11-20)25(23,24)16-4-2-1-3-5-16)21-12-17-14-6-7-15(9-8-14)18(17)13-21/h1-5,14-15,17-18H,6-13H2/t14?,15?,17-,18+. The zero-order valence-corrected chi connectivity index (χ0v) is 15.2. The fourth-order valence-corrected chi connectivity index (χ4v) is 7.81. The monoisotopic (exact) mass is 359 g/mol. The summed E-state index contributed by atoms with van der Waals surface area (Å²) in [6.45, 7) is 1.58. The Kier molecular flexibility index (Phi) is 3.38. The van der Waals surface area contributed by atoms with Crippen LogP contribution in [0.1, 0.15) is 38.5 Å². The highest BCUT2D eigenvalue weighted by molar-refractivity contribution is 7.94. The van der Waals surface area contributed by atoms with Crippen LogP contribution in [-0.2, 0) is 14.6 Å². The summed E-state index contributed by atoms with van der Waals surface area (Å²) in [5.74, 6) is 2.63. The molecule has 25 heavy (non-hydrogen) atoms. The third-order valence-electron chi connectivity index (χ3n) is 7.39. The van der Waals surface area contributed by atoms with Crippen LogP contribution in [0.15, 0.2) is 35.2 Å². The quantitative estimate of drug-likeness (QED) is 0.834. The molecule has 1 aromatic rings. The van der Waals surface area contributed by atoms with Gasteiger partial charge in [-0.2, -0.15) is 0 Å². The average Bonchev–Trinajstić information content (AvgIpc) is 3.34. The number of likely N-dealkylation sites (tertiary alicyclic amines) is 1. The molecular formula is C20H25NO3S. The maximum atomic E-state index is 13.3. The van der Waals surface area contributed by atoms with Crippen LogP contribution in [0.25, 0.3) is 0 Å². The molecule has 4 nitrogen and oxygen atoms in total. The van der Waals surface area contributed by atoms with Crippen molar-refractivity contribution < 1.29 is 13.2 Å². The molecule has 2 bridgehead atoms. The molecule has 1 aromatic carbocycles. The summed E-state index contributed by atoms with van der Waals surface area (Å²) in [5.41, 5.74) is 0. The lowest BCUT2D eigenvalue weighted by Gasteiger charge is -2.44. The molecule has 2 atom stereocenters. The predicted molar refractivity (Wildman–Crippen MR) is 94.6 cm³/mol. The Hall–Kier alpha value is -1.36. The van der Waals surface area contributed by atoms with Gasteiger partial charge in [0.25, 0.3) is 0 Å². The zero-order valence-electron chi connectivity index (χ0n) is 14.4. The van der Waals surface area contributed by atoms with Gasteiger partial charge >= 0.3 is 0 Å². The minimum absolute atomic E-state index is 0.120. The number of hydrogen-bond donors (Lipinski definition) is 0. The van der Waals surface area contributed by atoms with Gasteiger partial charge in [-0.1, -0.05) is 18.2 Å². The molecule has 0 spiro atoms. The van der Waals surface area contributed by atoms with Gasteiger partial charge in [0, 0.05) is 13.1 Å². The summed E-state index contributed by atoms with van der Waals surface area (Å²) in [7, 11) is -3.60. The van der Waals surface area contributed by atoms with Crippen LogP contribution < -0.4 is 0 Å². The average molecular weight is 359 g/mol. The van der Waals surface area contributed by atoms with E-state index in [0.29, 0.717) is 24.7 Å². The summed E-state index contributed by atoms with van der Waals surface area (Å²) in [4.78, 5) is 15.5. The first-order chi connectivity index (χ1) is 12.0. The van der Waals surface area contributed by atoms with E-state index in [0.717, 1.165) is 24.9 Å². The molecule has 5 aliphatic rings. The van der Waals surface area contributed by atoms with Gasteiger partial charge in [-0.25, -0.2) is 8.42 Å². The molecule has 1 aliphatic heterocycles. The zero-order chi connectivity index (χ0) is 17.2. The maximum Gasteiger partial charge on any atom is 0.244 e. The molecule has 0 aromatic heterocycles. The smallest absolute Gasteiger partial charge is 0.244 e. The van der Waals surface area contributed by atoms with E-state index >= 15 is 0 Å². The Morgan fingerprint density at radius 2 is 1.44 bits per heavy atom. The van der Waals surface area contributed by atoms with Crippen LogP contribution in [0.3, 0.4) is 0 Å². The van der Waals surface area contributed by atoms with Gasteiger partial charge in [0.2, 0.25) is 5.91 Å². The van der Waals surface area contributed by atoms with Crippen molar-refractivity contribution in [3.05, 3.63) is 30.3 Å². The van der Waals surface area contributed by atoms with E-state index in [4.69, 9.17) is 0 Å². The minimum atomic E-state index is -3.60. The first kappa shape index (κ1) is 15.9. The highest BCUT2D eigenvalue weighted by atomic mass is 32.2. The molecule has 0 N–H and O–H groups in total. The fourth-order valence-electron chi connectivity index (χ4n) is 5.84. The van der Waals surface area contributed by atoms with Gasteiger partial charge in [0.15, 0.2) is 14.6 Å². The van der Waals surface area contributed by atoms with Gasteiger partial charge in [0.1, 0.15) is 0 Å². The Morgan fingerprint density at radius 3 is 1.92 bits per heavy atom. The number of nitrogens with zero attached hydrogens (tertiary/aromatic N) is 1. The topological polar surface area (TPSA) is 54.5 Å². The molecule has 6 rings (SSSR count). The lowest BCUT2D eigenvalue weighted by atomic mass is 9.60. The first-order valence-corrected chi connectivity index (χ1v) is 11.1. The number of fused-ring (bicyclic) bond motifs is 2. The van der Waals surface area contributed by atoms with Crippen molar-refractivity contribution in [3.63, 3.8) is 0 Å². The number of carbonyl (C=O) groups is 1. The van der Waals surface area contributed by atoms with E-state index < -0.39 is 14.6 Å². The SMILES string of the molecule is O=C(N1C[C@@H]2C3CCC(CC3)[C@@H]2C1)C1(S(=O)(=O)c2ccccc2)CC1. The van der Waals surface area contributed by atoms with Crippen LogP contribution in [0, 0.1) is 23.7 Å². The Bertz CT molecular complexity index is 771. The molecule has 134 valence electrons. The number of hydrogen-bond acceptors (Lipinski definition) is 3. The van der Waals surface area contributed by atoms with Crippen LogP contribution in [0.2, 0.25) is 0 Å². The second-order valence-corrected chi connectivity index (χ2v) is 10.8. The molecule has 0 radical (unpaired) electrons. The van der Waals surface area contributed by atoms with Crippen LogP contribution in [0.5, 0.6) is 0 Å². The molecule has 1 saturated heterocycles. The van der Waals surface area contributed by atoms with E-state index in [1.807, 2.05) is 4.90 Å². The lowest BCUT2D eigenvalue weighted by Crippen LogP contribution is -2.44. The number of amides is 1. The van der Waals surface area contributed by atoms with Crippen molar-refractivity contribution >= 4 is 15.7 Å². The van der Waals surface area contributed by atoms with Crippen molar-refractivity contribution in [2.24, 2.45) is 23.7 Å².